The molecule has 0 heterocycles. The van der Waals surface area contributed by atoms with Crippen LogP contribution < -0.4 is 5.32 Å². The van der Waals surface area contributed by atoms with E-state index in [1.54, 1.807) is 0 Å². The van der Waals surface area contributed by atoms with Crippen molar-refractivity contribution in [3.8, 4) is 0 Å². The van der Waals surface area contributed by atoms with E-state index in [1.165, 1.54) is 18.2 Å². The Hall–Kier alpha value is -1.09. The molecule has 0 bridgehead atoms. The van der Waals surface area contributed by atoms with E-state index in [0.717, 1.165) is 12.8 Å². The molecule has 1 aromatic carbocycles. The molecule has 1 fully saturated rings. The van der Waals surface area contributed by atoms with Crippen molar-refractivity contribution in [2.45, 2.75) is 12.8 Å². The van der Waals surface area contributed by atoms with Gasteiger partial charge in [-0.05, 0) is 31.0 Å². The van der Waals surface area contributed by atoms with Crippen molar-refractivity contribution < 1.29 is 9.18 Å². The molecule has 74 valence electrons. The van der Waals surface area contributed by atoms with Gasteiger partial charge in [-0.15, -0.1) is 0 Å². The van der Waals surface area contributed by atoms with Crippen LogP contribution in [0.25, 0.3) is 0 Å². The second-order valence-corrected chi connectivity index (χ2v) is 3.79. The Kier molecular flexibility index (Phi) is 2.42. The van der Waals surface area contributed by atoms with Crippen LogP contribution in [0.15, 0.2) is 18.2 Å². The normalized spacial score (nSPS) is 15.3. The third-order valence-corrected chi connectivity index (χ3v) is 2.46. The summed E-state index contributed by atoms with van der Waals surface area (Å²) in [6.45, 7) is 0. The Morgan fingerprint density at radius 3 is 2.86 bits per heavy atom. The molecular weight excluding hydrogens is 205 g/mol. The van der Waals surface area contributed by atoms with Crippen LogP contribution in [0.3, 0.4) is 0 Å². The van der Waals surface area contributed by atoms with Crippen molar-refractivity contribution in [1.82, 2.24) is 0 Å². The molecule has 0 atom stereocenters. The summed E-state index contributed by atoms with van der Waals surface area (Å²) in [7, 11) is 0. The maximum absolute atomic E-state index is 12.8. The summed E-state index contributed by atoms with van der Waals surface area (Å²) in [5.41, 5.74) is 0.351. The number of halogens is 2. The van der Waals surface area contributed by atoms with E-state index < -0.39 is 5.82 Å². The lowest BCUT2D eigenvalue weighted by molar-refractivity contribution is -0.117. The molecule has 1 saturated carbocycles. The molecule has 14 heavy (non-hydrogen) atoms. The van der Waals surface area contributed by atoms with E-state index in [2.05, 4.69) is 5.32 Å². The minimum Gasteiger partial charge on any atom is -0.324 e. The molecular formula is C10H9ClFNO. The zero-order valence-electron chi connectivity index (χ0n) is 7.39. The minimum atomic E-state index is -0.402. The molecule has 1 aliphatic carbocycles. The largest absolute Gasteiger partial charge is 0.324 e. The maximum atomic E-state index is 12.8. The molecule has 4 heteroatoms. The highest BCUT2D eigenvalue weighted by molar-refractivity contribution is 6.33. The molecule has 1 aromatic rings. The predicted octanol–water partition coefficient (Wildman–Crippen LogP) is 2.83. The summed E-state index contributed by atoms with van der Waals surface area (Å²) >= 11 is 5.78. The fourth-order valence-electron chi connectivity index (χ4n) is 1.17. The highest BCUT2D eigenvalue weighted by Gasteiger charge is 2.29. The zero-order valence-corrected chi connectivity index (χ0v) is 8.14. The Labute approximate surface area is 86.1 Å². The van der Waals surface area contributed by atoms with Crippen LogP contribution in [-0.4, -0.2) is 5.91 Å². The maximum Gasteiger partial charge on any atom is 0.227 e. The van der Waals surface area contributed by atoms with Gasteiger partial charge in [0, 0.05) is 5.92 Å². The quantitative estimate of drug-likeness (QED) is 0.804. The smallest absolute Gasteiger partial charge is 0.227 e. The van der Waals surface area contributed by atoms with Crippen LogP contribution in [0, 0.1) is 11.7 Å². The SMILES string of the molecule is O=C(Nc1cc(F)ccc1Cl)C1CC1. The molecule has 0 radical (unpaired) electrons. The topological polar surface area (TPSA) is 29.1 Å². The van der Waals surface area contributed by atoms with Gasteiger partial charge in [0.15, 0.2) is 0 Å². The first-order chi connectivity index (χ1) is 6.66. The number of carbonyl (C=O) groups excluding carboxylic acids is 1. The summed E-state index contributed by atoms with van der Waals surface area (Å²) in [6.07, 6.45) is 1.83. The van der Waals surface area contributed by atoms with Gasteiger partial charge in [-0.1, -0.05) is 11.6 Å². The number of anilines is 1. The number of benzene rings is 1. The highest BCUT2D eigenvalue weighted by atomic mass is 35.5. The van der Waals surface area contributed by atoms with E-state index in [0.29, 0.717) is 10.7 Å². The average molecular weight is 214 g/mol. The van der Waals surface area contributed by atoms with E-state index in [9.17, 15) is 9.18 Å². The molecule has 0 aromatic heterocycles. The second kappa shape index (κ2) is 3.58. The molecule has 0 unspecified atom stereocenters. The molecule has 0 saturated heterocycles. The lowest BCUT2D eigenvalue weighted by atomic mass is 10.3. The van der Waals surface area contributed by atoms with Gasteiger partial charge in [-0.2, -0.15) is 0 Å². The number of hydrogen-bond acceptors (Lipinski definition) is 1. The van der Waals surface area contributed by atoms with Crippen molar-refractivity contribution in [3.05, 3.63) is 29.0 Å². The molecule has 2 nitrogen and oxygen atoms in total. The van der Waals surface area contributed by atoms with Gasteiger partial charge in [0.05, 0.1) is 10.7 Å². The second-order valence-electron chi connectivity index (χ2n) is 3.39. The van der Waals surface area contributed by atoms with E-state index >= 15 is 0 Å². The summed E-state index contributed by atoms with van der Waals surface area (Å²) in [5, 5.41) is 2.96. The molecule has 0 aliphatic heterocycles. The number of rotatable bonds is 2. The lowest BCUT2D eigenvalue weighted by Gasteiger charge is -2.05. The predicted molar refractivity (Wildman–Crippen MR) is 52.8 cm³/mol. The van der Waals surface area contributed by atoms with Crippen molar-refractivity contribution in [2.75, 3.05) is 5.32 Å². The fourth-order valence-corrected chi connectivity index (χ4v) is 1.34. The van der Waals surface area contributed by atoms with Crippen LogP contribution in [0.4, 0.5) is 10.1 Å². The van der Waals surface area contributed by atoms with E-state index in [4.69, 9.17) is 11.6 Å². The lowest BCUT2D eigenvalue weighted by Crippen LogP contribution is -2.13. The summed E-state index contributed by atoms with van der Waals surface area (Å²) in [4.78, 5) is 11.3. The van der Waals surface area contributed by atoms with Crippen LogP contribution in [0.5, 0.6) is 0 Å². The van der Waals surface area contributed by atoms with Crippen LogP contribution in [-0.2, 0) is 4.79 Å². The number of nitrogens with one attached hydrogen (secondary N) is 1. The molecule has 1 amide bonds. The number of carbonyl (C=O) groups is 1. The third-order valence-electron chi connectivity index (χ3n) is 2.13. The van der Waals surface area contributed by atoms with Gasteiger partial charge in [0.25, 0.3) is 0 Å². The minimum absolute atomic E-state index is 0.0718. The van der Waals surface area contributed by atoms with Gasteiger partial charge in [0.1, 0.15) is 5.82 Å². The highest BCUT2D eigenvalue weighted by Crippen LogP contribution is 2.31. The third kappa shape index (κ3) is 2.04. The Balaban J connectivity index is 2.14. The molecule has 0 spiro atoms. The first-order valence-corrected chi connectivity index (χ1v) is 4.80. The standard InChI is InChI=1S/C10H9ClFNO/c11-8-4-3-7(12)5-9(8)13-10(14)6-1-2-6/h3-6H,1-2H2,(H,13,14). The van der Waals surface area contributed by atoms with Crippen LogP contribution in [0.2, 0.25) is 5.02 Å². The monoisotopic (exact) mass is 213 g/mol. The van der Waals surface area contributed by atoms with Gasteiger partial charge < -0.3 is 5.32 Å². The number of hydrogen-bond donors (Lipinski definition) is 1. The Morgan fingerprint density at radius 1 is 1.50 bits per heavy atom. The fraction of sp³-hybridized carbons (Fsp3) is 0.300. The molecule has 1 N–H and O–H groups in total. The van der Waals surface area contributed by atoms with Crippen molar-refractivity contribution >= 4 is 23.2 Å². The first kappa shape index (κ1) is 9.46. The van der Waals surface area contributed by atoms with Gasteiger partial charge >= 0.3 is 0 Å². The summed E-state index contributed by atoms with van der Waals surface area (Å²) in [5.74, 6) is -0.382. The number of amides is 1. The van der Waals surface area contributed by atoms with Gasteiger partial charge in [-0.25, -0.2) is 4.39 Å². The van der Waals surface area contributed by atoms with Crippen LogP contribution >= 0.6 is 11.6 Å². The van der Waals surface area contributed by atoms with Crippen LogP contribution in [0.1, 0.15) is 12.8 Å². The molecule has 2 rings (SSSR count). The van der Waals surface area contributed by atoms with Gasteiger partial charge in [0.2, 0.25) is 5.91 Å². The van der Waals surface area contributed by atoms with Crippen molar-refractivity contribution in [1.29, 1.82) is 0 Å². The first-order valence-electron chi connectivity index (χ1n) is 4.43. The average Bonchev–Trinajstić information content (AvgIpc) is 2.94. The zero-order chi connectivity index (χ0) is 10.1. The molecule has 1 aliphatic rings. The summed E-state index contributed by atoms with van der Waals surface area (Å²) < 4.78 is 12.8. The van der Waals surface area contributed by atoms with E-state index in [-0.39, 0.29) is 11.8 Å². The van der Waals surface area contributed by atoms with Crippen molar-refractivity contribution in [3.63, 3.8) is 0 Å². The van der Waals surface area contributed by atoms with E-state index in [1.807, 2.05) is 0 Å². The van der Waals surface area contributed by atoms with Gasteiger partial charge in [-0.3, -0.25) is 4.79 Å². The summed E-state index contributed by atoms with van der Waals surface area (Å²) in [6, 6.07) is 3.91. The Morgan fingerprint density at radius 2 is 2.21 bits per heavy atom. The van der Waals surface area contributed by atoms with Crippen molar-refractivity contribution in [2.24, 2.45) is 5.92 Å². The Bertz CT molecular complexity index is 376.